The molecule has 3 saturated carbocycles. The van der Waals surface area contributed by atoms with Gasteiger partial charge in [-0.05, 0) is 59.6 Å². The SMILES string of the molecule is C1=COC2C(=C1)C1CC3CCCCC3C1C1c3sccc3SC21. The van der Waals surface area contributed by atoms with Gasteiger partial charge < -0.3 is 4.74 Å². The van der Waals surface area contributed by atoms with Gasteiger partial charge in [-0.15, -0.1) is 23.1 Å². The number of hydrogen-bond donors (Lipinski definition) is 0. The summed E-state index contributed by atoms with van der Waals surface area (Å²) in [6, 6.07) is 2.35. The third kappa shape index (κ3) is 1.76. The van der Waals surface area contributed by atoms with E-state index in [9.17, 15) is 0 Å². The van der Waals surface area contributed by atoms with E-state index in [2.05, 4.69) is 35.4 Å². The minimum Gasteiger partial charge on any atom is -0.492 e. The maximum absolute atomic E-state index is 6.19. The summed E-state index contributed by atoms with van der Waals surface area (Å²) in [5.41, 5.74) is 1.64. The average molecular weight is 343 g/mol. The molecule has 3 heteroatoms. The molecule has 0 saturated heterocycles. The first-order chi connectivity index (χ1) is 11.4. The van der Waals surface area contributed by atoms with E-state index in [0.717, 1.165) is 29.6 Å². The molecule has 3 fully saturated rings. The van der Waals surface area contributed by atoms with Gasteiger partial charge in [0.05, 0.1) is 11.5 Å². The third-order valence-electron chi connectivity index (χ3n) is 7.12. The highest BCUT2D eigenvalue weighted by Gasteiger charge is 2.59. The summed E-state index contributed by atoms with van der Waals surface area (Å²) in [6.07, 6.45) is 14.1. The molecule has 0 amide bonds. The fraction of sp³-hybridized carbons (Fsp3) is 0.600. The molecule has 1 nitrogen and oxygen atoms in total. The van der Waals surface area contributed by atoms with E-state index in [-0.39, 0.29) is 0 Å². The standard InChI is InChI=1S/C20H22OS2/c1-2-5-12-11(4-1)10-14-13-6-3-8-21-18(13)20-17(16(12)14)19-15(23-20)7-9-22-19/h3,6-9,11-12,14,16-18,20H,1-2,4-5,10H2. The Morgan fingerprint density at radius 3 is 3.13 bits per heavy atom. The second-order valence-corrected chi connectivity index (χ2v) is 10.1. The number of thiophene rings is 1. The minimum absolute atomic E-state index is 0.330. The zero-order chi connectivity index (χ0) is 15.0. The van der Waals surface area contributed by atoms with Gasteiger partial charge in [0, 0.05) is 15.7 Å². The van der Waals surface area contributed by atoms with Crippen molar-refractivity contribution in [1.82, 2.24) is 0 Å². The smallest absolute Gasteiger partial charge is 0.132 e. The van der Waals surface area contributed by atoms with Crippen LogP contribution in [0.1, 0.15) is 42.9 Å². The Labute approximate surface area is 146 Å². The van der Waals surface area contributed by atoms with Gasteiger partial charge in [0.2, 0.25) is 0 Å². The van der Waals surface area contributed by atoms with Crippen molar-refractivity contribution < 1.29 is 4.74 Å². The van der Waals surface area contributed by atoms with Crippen LogP contribution in [0.5, 0.6) is 0 Å². The Hall–Kier alpha value is -0.670. The molecule has 0 N–H and O–H groups in total. The quantitative estimate of drug-likeness (QED) is 0.607. The van der Waals surface area contributed by atoms with Gasteiger partial charge in [0.15, 0.2) is 0 Å². The Balaban J connectivity index is 1.50. The van der Waals surface area contributed by atoms with Gasteiger partial charge in [-0.25, -0.2) is 0 Å². The predicted octanol–water partition coefficient (Wildman–Crippen LogP) is 5.60. The van der Waals surface area contributed by atoms with E-state index in [1.807, 2.05) is 17.6 Å². The monoisotopic (exact) mass is 342 g/mol. The highest BCUT2D eigenvalue weighted by molar-refractivity contribution is 8.00. The number of hydrogen-bond acceptors (Lipinski definition) is 3. The van der Waals surface area contributed by atoms with Gasteiger partial charge in [-0.3, -0.25) is 0 Å². The molecule has 7 unspecified atom stereocenters. The van der Waals surface area contributed by atoms with Crippen LogP contribution in [0.3, 0.4) is 0 Å². The van der Waals surface area contributed by atoms with Crippen molar-refractivity contribution >= 4 is 23.1 Å². The first-order valence-electron chi connectivity index (χ1n) is 9.18. The fourth-order valence-electron chi connectivity index (χ4n) is 6.41. The maximum Gasteiger partial charge on any atom is 0.132 e. The molecular weight excluding hydrogens is 320 g/mol. The molecule has 2 aliphatic heterocycles. The summed E-state index contributed by atoms with van der Waals surface area (Å²) in [6.45, 7) is 0. The van der Waals surface area contributed by atoms with Crippen LogP contribution in [0, 0.1) is 23.7 Å². The van der Waals surface area contributed by atoms with Crippen LogP contribution >= 0.6 is 23.1 Å². The van der Waals surface area contributed by atoms with Gasteiger partial charge in [-0.1, -0.05) is 25.3 Å². The van der Waals surface area contributed by atoms with Gasteiger partial charge >= 0.3 is 0 Å². The highest BCUT2D eigenvalue weighted by atomic mass is 32.2. The molecule has 3 aliphatic carbocycles. The molecule has 5 aliphatic rings. The zero-order valence-corrected chi connectivity index (χ0v) is 14.8. The molecule has 7 atom stereocenters. The fourth-order valence-corrected chi connectivity index (χ4v) is 9.37. The molecule has 23 heavy (non-hydrogen) atoms. The third-order valence-corrected chi connectivity index (χ3v) is 9.69. The van der Waals surface area contributed by atoms with Crippen molar-refractivity contribution in [2.75, 3.05) is 0 Å². The number of fused-ring (bicyclic) bond motifs is 10. The van der Waals surface area contributed by atoms with Gasteiger partial charge in [0.1, 0.15) is 6.10 Å². The lowest BCUT2D eigenvalue weighted by Crippen LogP contribution is -2.45. The first-order valence-corrected chi connectivity index (χ1v) is 10.9. The Bertz CT molecular complexity index is 702. The molecule has 0 aromatic carbocycles. The molecule has 0 spiro atoms. The van der Waals surface area contributed by atoms with Crippen LogP contribution in [0.25, 0.3) is 0 Å². The Morgan fingerprint density at radius 1 is 1.17 bits per heavy atom. The van der Waals surface area contributed by atoms with E-state index in [1.165, 1.54) is 32.1 Å². The van der Waals surface area contributed by atoms with Gasteiger partial charge in [-0.2, -0.15) is 0 Å². The largest absolute Gasteiger partial charge is 0.492 e. The van der Waals surface area contributed by atoms with E-state index >= 15 is 0 Å². The normalized spacial score (nSPS) is 46.1. The van der Waals surface area contributed by atoms with E-state index < -0.39 is 0 Å². The van der Waals surface area contributed by atoms with Crippen LogP contribution in [0.2, 0.25) is 0 Å². The zero-order valence-electron chi connectivity index (χ0n) is 13.2. The highest BCUT2D eigenvalue weighted by Crippen LogP contribution is 2.67. The molecule has 0 radical (unpaired) electrons. The van der Waals surface area contributed by atoms with Crippen LogP contribution in [-0.4, -0.2) is 11.4 Å². The molecule has 6 rings (SSSR count). The summed E-state index contributed by atoms with van der Waals surface area (Å²) >= 11 is 4.12. The lowest BCUT2D eigenvalue weighted by atomic mass is 9.64. The summed E-state index contributed by atoms with van der Waals surface area (Å²) in [4.78, 5) is 3.25. The number of ether oxygens (including phenoxy) is 1. The van der Waals surface area contributed by atoms with Crippen LogP contribution in [0.4, 0.5) is 0 Å². The van der Waals surface area contributed by atoms with Crippen LogP contribution in [-0.2, 0) is 4.74 Å². The number of allylic oxidation sites excluding steroid dienone is 2. The Morgan fingerprint density at radius 2 is 2.13 bits per heavy atom. The van der Waals surface area contributed by atoms with Crippen molar-refractivity contribution in [1.29, 1.82) is 0 Å². The van der Waals surface area contributed by atoms with Crippen LogP contribution in [0.15, 0.2) is 40.3 Å². The second kappa shape index (κ2) is 4.92. The van der Waals surface area contributed by atoms with Crippen LogP contribution < -0.4 is 0 Å². The lowest BCUT2D eigenvalue weighted by molar-refractivity contribution is 0.0911. The Kier molecular flexibility index (Phi) is 2.91. The minimum atomic E-state index is 0.330. The molecule has 0 bridgehead atoms. The van der Waals surface area contributed by atoms with Crippen molar-refractivity contribution in [2.45, 2.75) is 54.3 Å². The molecule has 3 heterocycles. The summed E-state index contributed by atoms with van der Waals surface area (Å²) < 4.78 is 6.19. The summed E-state index contributed by atoms with van der Waals surface area (Å²) in [7, 11) is 0. The topological polar surface area (TPSA) is 9.23 Å². The number of thioether (sulfide) groups is 1. The van der Waals surface area contributed by atoms with Crippen molar-refractivity contribution in [3.63, 3.8) is 0 Å². The van der Waals surface area contributed by atoms with E-state index in [0.29, 0.717) is 11.4 Å². The summed E-state index contributed by atoms with van der Waals surface area (Å²) in [5.74, 6) is 4.38. The van der Waals surface area contributed by atoms with E-state index in [1.54, 1.807) is 15.3 Å². The molecule has 120 valence electrons. The van der Waals surface area contributed by atoms with Crippen molar-refractivity contribution in [3.8, 4) is 0 Å². The molecule has 1 aromatic heterocycles. The maximum atomic E-state index is 6.19. The van der Waals surface area contributed by atoms with Crippen molar-refractivity contribution in [2.24, 2.45) is 23.7 Å². The lowest BCUT2D eigenvalue weighted by Gasteiger charge is -2.45. The first kappa shape index (κ1) is 13.6. The number of rotatable bonds is 0. The summed E-state index contributed by atoms with van der Waals surface area (Å²) in [5, 5.41) is 2.93. The predicted molar refractivity (Wildman–Crippen MR) is 95.8 cm³/mol. The average Bonchev–Trinajstić information content (AvgIpc) is 3.26. The van der Waals surface area contributed by atoms with Gasteiger partial charge in [0.25, 0.3) is 0 Å². The molecular formula is C20H22OS2. The van der Waals surface area contributed by atoms with Crippen molar-refractivity contribution in [3.05, 3.63) is 40.3 Å². The second-order valence-electron chi connectivity index (χ2n) is 7.94. The molecule has 1 aromatic rings. The van der Waals surface area contributed by atoms with E-state index in [4.69, 9.17) is 4.74 Å².